The molecule has 114 valence electrons. The molecule has 1 aromatic rings. The van der Waals surface area contributed by atoms with Crippen molar-refractivity contribution < 1.29 is 13.5 Å². The van der Waals surface area contributed by atoms with Gasteiger partial charge in [0.2, 0.25) is 10.0 Å². The fourth-order valence-corrected chi connectivity index (χ4v) is 4.97. The number of rotatable bonds is 6. The molecule has 0 amide bonds. The van der Waals surface area contributed by atoms with E-state index in [4.69, 9.17) is 5.11 Å². The molecule has 0 spiro atoms. The third-order valence-electron chi connectivity index (χ3n) is 3.53. The number of hydrogen-bond donors (Lipinski definition) is 2. The largest absolute Gasteiger partial charge is 0.392 e. The van der Waals surface area contributed by atoms with E-state index in [1.165, 1.54) is 0 Å². The number of hydrogen-bond acceptors (Lipinski definition) is 5. The molecule has 0 atom stereocenters. The lowest BCUT2D eigenvalue weighted by atomic mass is 10.1. The second-order valence-corrected chi connectivity index (χ2v) is 8.02. The minimum Gasteiger partial charge on any atom is -0.392 e. The lowest BCUT2D eigenvalue weighted by Gasteiger charge is -2.31. The second kappa shape index (κ2) is 7.00. The van der Waals surface area contributed by atoms with Crippen molar-refractivity contribution in [2.45, 2.75) is 43.0 Å². The van der Waals surface area contributed by atoms with Crippen molar-refractivity contribution in [3.05, 3.63) is 17.0 Å². The summed E-state index contributed by atoms with van der Waals surface area (Å²) in [6.07, 6.45) is 2.85. The zero-order valence-corrected chi connectivity index (χ0v) is 13.3. The van der Waals surface area contributed by atoms with E-state index in [0.29, 0.717) is 5.56 Å². The number of thiophene rings is 1. The van der Waals surface area contributed by atoms with Gasteiger partial charge in [-0.2, -0.15) is 0 Å². The van der Waals surface area contributed by atoms with Crippen molar-refractivity contribution in [1.29, 1.82) is 0 Å². The normalized spacial score (nSPS) is 18.5. The van der Waals surface area contributed by atoms with Crippen LogP contribution in [0.25, 0.3) is 0 Å². The predicted octanol–water partition coefficient (Wildman–Crippen LogP) is 1.39. The maximum atomic E-state index is 12.2. The van der Waals surface area contributed by atoms with Gasteiger partial charge in [-0.3, -0.25) is 0 Å². The Morgan fingerprint density at radius 3 is 2.70 bits per heavy atom. The topological polar surface area (TPSA) is 69.6 Å². The summed E-state index contributed by atoms with van der Waals surface area (Å²) in [5, 5.41) is 10.7. The fraction of sp³-hybridized carbons (Fsp3) is 0.692. The molecular formula is C13H22N2O3S2. The number of aliphatic hydroxyl groups excluding tert-OH is 1. The molecule has 0 aromatic carbocycles. The number of nitrogens with zero attached hydrogens (tertiary/aromatic N) is 1. The molecule has 0 saturated carbocycles. The van der Waals surface area contributed by atoms with Gasteiger partial charge in [0.15, 0.2) is 0 Å². The van der Waals surface area contributed by atoms with Crippen molar-refractivity contribution in [2.24, 2.45) is 0 Å². The van der Waals surface area contributed by atoms with Crippen molar-refractivity contribution in [3.63, 3.8) is 0 Å². The first-order valence-corrected chi connectivity index (χ1v) is 9.34. The van der Waals surface area contributed by atoms with E-state index in [9.17, 15) is 8.42 Å². The summed E-state index contributed by atoms with van der Waals surface area (Å²) >= 11 is 1.16. The van der Waals surface area contributed by atoms with Crippen molar-refractivity contribution in [1.82, 2.24) is 9.62 Å². The molecule has 20 heavy (non-hydrogen) atoms. The van der Waals surface area contributed by atoms with Gasteiger partial charge in [-0.1, -0.05) is 6.92 Å². The summed E-state index contributed by atoms with van der Waals surface area (Å²) in [6.45, 7) is 5.02. The van der Waals surface area contributed by atoms with Gasteiger partial charge in [-0.25, -0.2) is 13.1 Å². The molecule has 1 aliphatic rings. The first-order chi connectivity index (χ1) is 9.55. The molecule has 1 aromatic heterocycles. The average molecular weight is 318 g/mol. The molecular weight excluding hydrogens is 296 g/mol. The summed E-state index contributed by atoms with van der Waals surface area (Å²) in [7, 11) is -3.44. The van der Waals surface area contributed by atoms with Gasteiger partial charge in [-0.15, -0.1) is 11.3 Å². The van der Waals surface area contributed by atoms with E-state index in [-0.39, 0.29) is 16.9 Å². The molecule has 0 radical (unpaired) electrons. The number of sulfonamides is 1. The smallest absolute Gasteiger partial charge is 0.250 e. The van der Waals surface area contributed by atoms with Crippen molar-refractivity contribution >= 4 is 21.4 Å². The highest BCUT2D eigenvalue weighted by Gasteiger charge is 2.25. The van der Waals surface area contributed by atoms with Crippen LogP contribution in [0.5, 0.6) is 0 Å². The summed E-state index contributed by atoms with van der Waals surface area (Å²) < 4.78 is 27.6. The maximum absolute atomic E-state index is 12.2. The number of piperidine rings is 1. The Morgan fingerprint density at radius 1 is 1.45 bits per heavy atom. The van der Waals surface area contributed by atoms with Crippen LogP contribution in [0.15, 0.2) is 15.7 Å². The number of aliphatic hydroxyl groups is 1. The Labute approximate surface area is 124 Å². The maximum Gasteiger partial charge on any atom is 0.250 e. The molecule has 2 heterocycles. The molecule has 0 unspecified atom stereocenters. The summed E-state index contributed by atoms with van der Waals surface area (Å²) in [4.78, 5) is 2.37. The molecule has 5 nitrogen and oxygen atoms in total. The summed E-state index contributed by atoms with van der Waals surface area (Å²) in [5.41, 5.74) is 0.646. The van der Waals surface area contributed by atoms with E-state index >= 15 is 0 Å². The predicted molar refractivity (Wildman–Crippen MR) is 80.3 cm³/mol. The van der Waals surface area contributed by atoms with Gasteiger partial charge < -0.3 is 10.0 Å². The van der Waals surface area contributed by atoms with Crippen LogP contribution in [0.3, 0.4) is 0 Å². The highest BCUT2D eigenvalue weighted by atomic mass is 32.2. The van der Waals surface area contributed by atoms with Crippen molar-refractivity contribution in [2.75, 3.05) is 19.6 Å². The number of nitrogens with one attached hydrogen (secondary N) is 1. The van der Waals surface area contributed by atoms with Gasteiger partial charge in [0.25, 0.3) is 0 Å². The summed E-state index contributed by atoms with van der Waals surface area (Å²) in [5.74, 6) is 0. The molecule has 2 N–H and O–H groups in total. The Bertz CT molecular complexity index is 519. The van der Waals surface area contributed by atoms with E-state index in [1.54, 1.807) is 11.4 Å². The third kappa shape index (κ3) is 4.02. The number of likely N-dealkylation sites (tertiary alicyclic amines) is 1. The lowest BCUT2D eigenvalue weighted by molar-refractivity contribution is 0.208. The van der Waals surface area contributed by atoms with Crippen LogP contribution < -0.4 is 4.72 Å². The van der Waals surface area contributed by atoms with Crippen LogP contribution in [-0.4, -0.2) is 44.1 Å². The van der Waals surface area contributed by atoms with Gasteiger partial charge >= 0.3 is 0 Å². The highest BCUT2D eigenvalue weighted by molar-refractivity contribution is 7.91. The average Bonchev–Trinajstić information content (AvgIpc) is 2.91. The highest BCUT2D eigenvalue weighted by Crippen LogP contribution is 2.22. The van der Waals surface area contributed by atoms with E-state index in [2.05, 4.69) is 16.5 Å². The minimum atomic E-state index is -3.44. The Hall–Kier alpha value is -0.470. The van der Waals surface area contributed by atoms with E-state index in [0.717, 1.165) is 50.2 Å². The molecule has 2 rings (SSSR count). The SMILES string of the molecule is CCCN1CCC(NS(=O)(=O)c2cc(CO)cs2)CC1. The Balaban J connectivity index is 1.92. The quantitative estimate of drug-likeness (QED) is 0.832. The van der Waals surface area contributed by atoms with Gasteiger partial charge in [-0.05, 0) is 55.9 Å². The van der Waals surface area contributed by atoms with Crippen LogP contribution in [0.1, 0.15) is 31.7 Å². The first kappa shape index (κ1) is 15.9. The van der Waals surface area contributed by atoms with Gasteiger partial charge in [0.1, 0.15) is 4.21 Å². The van der Waals surface area contributed by atoms with Gasteiger partial charge in [0, 0.05) is 6.04 Å². The molecule has 7 heteroatoms. The second-order valence-electron chi connectivity index (χ2n) is 5.17. The Kier molecular flexibility index (Phi) is 5.57. The summed E-state index contributed by atoms with van der Waals surface area (Å²) in [6, 6.07) is 1.56. The van der Waals surface area contributed by atoms with Crippen LogP contribution >= 0.6 is 11.3 Å². The van der Waals surface area contributed by atoms with Crippen LogP contribution in [-0.2, 0) is 16.6 Å². The zero-order valence-electron chi connectivity index (χ0n) is 11.7. The zero-order chi connectivity index (χ0) is 14.6. The van der Waals surface area contributed by atoms with Gasteiger partial charge in [0.05, 0.1) is 6.61 Å². The van der Waals surface area contributed by atoms with Crippen LogP contribution in [0.4, 0.5) is 0 Å². The standard InChI is InChI=1S/C13H22N2O3S2/c1-2-5-15-6-3-12(4-7-15)14-20(17,18)13-8-11(9-16)10-19-13/h8,10,12,14,16H,2-7,9H2,1H3. The first-order valence-electron chi connectivity index (χ1n) is 6.98. The molecule has 1 fully saturated rings. The fourth-order valence-electron chi connectivity index (χ4n) is 2.45. The Morgan fingerprint density at radius 2 is 2.15 bits per heavy atom. The van der Waals surface area contributed by atoms with E-state index in [1.807, 2.05) is 0 Å². The monoisotopic (exact) mass is 318 g/mol. The minimum absolute atomic E-state index is 0.0211. The van der Waals surface area contributed by atoms with Crippen LogP contribution in [0, 0.1) is 0 Å². The van der Waals surface area contributed by atoms with E-state index < -0.39 is 10.0 Å². The molecule has 0 aliphatic carbocycles. The molecule has 1 aliphatic heterocycles. The third-order valence-corrected chi connectivity index (χ3v) is 6.54. The molecule has 0 bridgehead atoms. The van der Waals surface area contributed by atoms with Crippen LogP contribution in [0.2, 0.25) is 0 Å². The van der Waals surface area contributed by atoms with Crippen molar-refractivity contribution in [3.8, 4) is 0 Å². The molecule has 1 saturated heterocycles. The lowest BCUT2D eigenvalue weighted by Crippen LogP contribution is -2.44.